The minimum atomic E-state index is -1.17. The van der Waals surface area contributed by atoms with Gasteiger partial charge in [0.05, 0.1) is 11.9 Å². The van der Waals surface area contributed by atoms with Crippen molar-refractivity contribution in [2.45, 2.75) is 56.5 Å². The van der Waals surface area contributed by atoms with Crippen molar-refractivity contribution < 1.29 is 4.55 Å². The number of aromatic nitrogens is 4. The molecule has 1 aliphatic carbocycles. The molecule has 108 valence electrons. The van der Waals surface area contributed by atoms with Crippen LogP contribution in [0, 0.1) is 0 Å². The van der Waals surface area contributed by atoms with Crippen LogP contribution in [0.25, 0.3) is 5.52 Å². The van der Waals surface area contributed by atoms with Crippen LogP contribution in [0.3, 0.4) is 0 Å². The van der Waals surface area contributed by atoms with Gasteiger partial charge in [-0.25, -0.2) is 9.50 Å². The van der Waals surface area contributed by atoms with Crippen LogP contribution in [0.15, 0.2) is 11.4 Å². The number of aryl methyl sites for hydroxylation is 1. The van der Waals surface area contributed by atoms with Crippen molar-refractivity contribution in [3.63, 3.8) is 0 Å². The van der Waals surface area contributed by atoms with E-state index in [0.717, 1.165) is 29.9 Å². The predicted octanol–water partition coefficient (Wildman–Crippen LogP) is 2.26. The molecular weight excluding hydrogens is 272 g/mol. The summed E-state index contributed by atoms with van der Waals surface area (Å²) in [5.41, 5.74) is 2.14. The van der Waals surface area contributed by atoms with E-state index in [9.17, 15) is 4.55 Å². The fraction of sp³-hybridized carbons (Fsp3) is 0.643. The maximum Gasteiger partial charge on any atom is 0.359 e. The first-order valence-electron chi connectivity index (χ1n) is 7.20. The topological polar surface area (TPSA) is 66.1 Å². The number of hydrogen-bond donors (Lipinski definition) is 0. The number of nitrogens with zero attached hydrogens (tertiary/aromatic N) is 4. The van der Waals surface area contributed by atoms with Crippen LogP contribution >= 0.6 is 0 Å². The van der Waals surface area contributed by atoms with E-state index in [0.29, 0.717) is 5.16 Å². The Kier molecular flexibility index (Phi) is 3.46. The summed E-state index contributed by atoms with van der Waals surface area (Å²) in [6.45, 7) is 4.31. The molecule has 5 nitrogen and oxygen atoms in total. The molecule has 0 spiro atoms. The van der Waals surface area contributed by atoms with E-state index in [1.54, 1.807) is 12.5 Å². The molecule has 1 unspecified atom stereocenters. The molecule has 0 N–H and O–H groups in total. The quantitative estimate of drug-likeness (QED) is 0.811. The number of fused-ring (bicyclic) bond motifs is 1. The molecule has 2 heterocycles. The van der Waals surface area contributed by atoms with E-state index in [4.69, 9.17) is 4.98 Å². The van der Waals surface area contributed by atoms with E-state index >= 15 is 0 Å². The Morgan fingerprint density at radius 2 is 2.15 bits per heavy atom. The zero-order chi connectivity index (χ0) is 14.3. The number of rotatable bonds is 4. The molecule has 2 aromatic rings. The summed E-state index contributed by atoms with van der Waals surface area (Å²) in [6.07, 6.45) is 8.89. The summed E-state index contributed by atoms with van der Waals surface area (Å²) in [5, 5.41) is 4.86. The molecule has 6 heteroatoms. The van der Waals surface area contributed by atoms with E-state index in [1.807, 2.05) is 4.52 Å². The summed E-state index contributed by atoms with van der Waals surface area (Å²) in [4.78, 5) is 9.04. The summed E-state index contributed by atoms with van der Waals surface area (Å²) in [6, 6.07) is 0. The van der Waals surface area contributed by atoms with Gasteiger partial charge in [-0.05, 0) is 25.7 Å². The second-order valence-electron chi connectivity index (χ2n) is 5.52. The average molecular weight is 292 g/mol. The van der Waals surface area contributed by atoms with E-state index in [2.05, 4.69) is 23.9 Å². The van der Waals surface area contributed by atoms with Crippen LogP contribution in [0.4, 0.5) is 0 Å². The second kappa shape index (κ2) is 5.00. The lowest BCUT2D eigenvalue weighted by molar-refractivity contribution is 0.216. The van der Waals surface area contributed by atoms with E-state index < -0.39 is 11.2 Å². The third-order valence-electron chi connectivity index (χ3n) is 4.50. The highest BCUT2D eigenvalue weighted by molar-refractivity contribution is 7.90. The maximum absolute atomic E-state index is 11.6. The lowest BCUT2D eigenvalue weighted by atomic mass is 9.66. The van der Waals surface area contributed by atoms with Crippen molar-refractivity contribution in [3.8, 4) is 0 Å². The lowest BCUT2D eigenvalue weighted by Gasteiger charge is -2.39. The highest BCUT2D eigenvalue weighted by Gasteiger charge is 2.41. The molecule has 20 heavy (non-hydrogen) atoms. The van der Waals surface area contributed by atoms with Crippen molar-refractivity contribution in [3.05, 3.63) is 17.7 Å². The predicted molar refractivity (Wildman–Crippen MR) is 78.3 cm³/mol. The van der Waals surface area contributed by atoms with Crippen molar-refractivity contribution in [2.24, 2.45) is 0 Å². The minimum Gasteiger partial charge on any atom is -0.609 e. The Balaban J connectivity index is 2.22. The van der Waals surface area contributed by atoms with Gasteiger partial charge in [-0.1, -0.05) is 25.4 Å². The van der Waals surface area contributed by atoms with Gasteiger partial charge in [0.25, 0.3) is 0 Å². The van der Waals surface area contributed by atoms with Gasteiger partial charge in [0.15, 0.2) is 0 Å². The van der Waals surface area contributed by atoms with Gasteiger partial charge in [-0.2, -0.15) is 4.98 Å². The summed E-state index contributed by atoms with van der Waals surface area (Å²) in [5.74, 6) is 1.03. The summed E-state index contributed by atoms with van der Waals surface area (Å²) in [7, 11) is 0. The van der Waals surface area contributed by atoms with Crippen LogP contribution in [0.5, 0.6) is 0 Å². The Bertz CT molecular complexity index is 628. The lowest BCUT2D eigenvalue weighted by Crippen LogP contribution is -2.36. The molecule has 0 aliphatic heterocycles. The van der Waals surface area contributed by atoms with Gasteiger partial charge >= 0.3 is 5.16 Å². The first-order valence-corrected chi connectivity index (χ1v) is 8.75. The standard InChI is InChI=1S/C14H20N4OS/c1-4-10-11-9-15-13(20(3)19)17-18(11)12(16-10)14(5-2)7-6-8-14/h9H,4-8H2,1-3H3. The van der Waals surface area contributed by atoms with Crippen molar-refractivity contribution in [2.75, 3.05) is 6.26 Å². The summed E-state index contributed by atoms with van der Waals surface area (Å²) >= 11 is -1.17. The molecule has 0 bridgehead atoms. The molecule has 0 saturated heterocycles. The maximum atomic E-state index is 11.6. The molecule has 1 fully saturated rings. The molecule has 1 saturated carbocycles. The zero-order valence-electron chi connectivity index (χ0n) is 12.2. The SMILES string of the molecule is CCc1nc(C2(CC)CCC2)n2nc([S+](C)[O-])ncc12. The first-order chi connectivity index (χ1) is 9.61. The monoisotopic (exact) mass is 292 g/mol. The minimum absolute atomic E-state index is 0.150. The molecule has 0 aromatic carbocycles. The van der Waals surface area contributed by atoms with Gasteiger partial charge in [0.2, 0.25) is 0 Å². The van der Waals surface area contributed by atoms with Crippen LogP contribution in [0.1, 0.15) is 51.0 Å². The van der Waals surface area contributed by atoms with Crippen LogP contribution in [0.2, 0.25) is 0 Å². The molecule has 0 radical (unpaired) electrons. The zero-order valence-corrected chi connectivity index (χ0v) is 13.0. The number of hydrogen-bond acceptors (Lipinski definition) is 4. The fourth-order valence-corrected chi connectivity index (χ4v) is 3.40. The Morgan fingerprint density at radius 3 is 2.65 bits per heavy atom. The Hall–Kier alpha value is -1.14. The smallest absolute Gasteiger partial charge is 0.359 e. The summed E-state index contributed by atoms with van der Waals surface area (Å²) < 4.78 is 13.5. The largest absolute Gasteiger partial charge is 0.609 e. The molecule has 3 rings (SSSR count). The van der Waals surface area contributed by atoms with Crippen molar-refractivity contribution in [1.82, 2.24) is 19.6 Å². The van der Waals surface area contributed by atoms with Gasteiger partial charge in [-0.15, -0.1) is 0 Å². The fourth-order valence-electron chi connectivity index (χ4n) is 3.00. The number of imidazole rings is 1. The second-order valence-corrected chi connectivity index (χ2v) is 6.79. The Morgan fingerprint density at radius 1 is 1.40 bits per heavy atom. The third kappa shape index (κ3) is 1.93. The highest BCUT2D eigenvalue weighted by atomic mass is 32.2. The molecule has 0 amide bonds. The van der Waals surface area contributed by atoms with E-state index in [1.165, 1.54) is 19.3 Å². The molecular formula is C14H20N4OS. The average Bonchev–Trinajstić information content (AvgIpc) is 2.77. The van der Waals surface area contributed by atoms with E-state index in [-0.39, 0.29) is 5.41 Å². The van der Waals surface area contributed by atoms with Gasteiger partial charge in [0.1, 0.15) is 17.6 Å². The normalized spacial score (nSPS) is 19.0. The van der Waals surface area contributed by atoms with Crippen molar-refractivity contribution in [1.29, 1.82) is 0 Å². The third-order valence-corrected chi connectivity index (χ3v) is 5.20. The van der Waals surface area contributed by atoms with Crippen LogP contribution in [-0.4, -0.2) is 30.4 Å². The molecule has 2 aromatic heterocycles. The van der Waals surface area contributed by atoms with Crippen molar-refractivity contribution >= 4 is 16.7 Å². The molecule has 1 aliphatic rings. The van der Waals surface area contributed by atoms with Gasteiger partial charge in [0, 0.05) is 16.6 Å². The first kappa shape index (κ1) is 13.8. The Labute approximate surface area is 122 Å². The highest BCUT2D eigenvalue weighted by Crippen LogP contribution is 2.45. The van der Waals surface area contributed by atoms with Gasteiger partial charge < -0.3 is 4.55 Å². The van der Waals surface area contributed by atoms with Crippen LogP contribution < -0.4 is 0 Å². The molecule has 1 atom stereocenters. The van der Waals surface area contributed by atoms with Crippen LogP contribution in [-0.2, 0) is 23.0 Å². The van der Waals surface area contributed by atoms with Gasteiger partial charge in [-0.3, -0.25) is 0 Å².